The normalized spacial score (nSPS) is 14.8. The lowest BCUT2D eigenvalue weighted by atomic mass is 10.2. The minimum Gasteiger partial charge on any atom is -0.336 e. The van der Waals surface area contributed by atoms with Crippen molar-refractivity contribution in [1.82, 2.24) is 14.9 Å². The van der Waals surface area contributed by atoms with E-state index >= 15 is 0 Å². The SMILES string of the molecule is CC(Cn1ccnc1)NC(C)c1ccc(Br)s1. The van der Waals surface area contributed by atoms with Gasteiger partial charge in [0.15, 0.2) is 0 Å². The highest BCUT2D eigenvalue weighted by Gasteiger charge is 2.11. The fourth-order valence-electron chi connectivity index (χ4n) is 1.83. The van der Waals surface area contributed by atoms with Crippen LogP contribution in [0.4, 0.5) is 0 Å². The van der Waals surface area contributed by atoms with Crippen LogP contribution in [0.15, 0.2) is 34.6 Å². The number of nitrogens with one attached hydrogen (secondary N) is 1. The van der Waals surface area contributed by atoms with Crippen LogP contribution in [-0.4, -0.2) is 15.6 Å². The summed E-state index contributed by atoms with van der Waals surface area (Å²) >= 11 is 5.27. The van der Waals surface area contributed by atoms with E-state index in [0.29, 0.717) is 12.1 Å². The van der Waals surface area contributed by atoms with Gasteiger partial charge in [-0.25, -0.2) is 4.98 Å². The first-order valence-corrected chi connectivity index (χ1v) is 7.23. The van der Waals surface area contributed by atoms with Gasteiger partial charge in [-0.15, -0.1) is 11.3 Å². The summed E-state index contributed by atoms with van der Waals surface area (Å²) in [5.74, 6) is 0. The van der Waals surface area contributed by atoms with Gasteiger partial charge in [0.2, 0.25) is 0 Å². The Bertz CT molecular complexity index is 452. The molecule has 0 saturated heterocycles. The first-order chi connectivity index (χ1) is 8.15. The van der Waals surface area contributed by atoms with Gasteiger partial charge in [-0.2, -0.15) is 0 Å². The number of hydrogen-bond donors (Lipinski definition) is 1. The fourth-order valence-corrected chi connectivity index (χ4v) is 3.27. The third-order valence-electron chi connectivity index (χ3n) is 2.60. The van der Waals surface area contributed by atoms with Gasteiger partial charge in [-0.1, -0.05) is 0 Å². The van der Waals surface area contributed by atoms with Gasteiger partial charge >= 0.3 is 0 Å². The summed E-state index contributed by atoms with van der Waals surface area (Å²) in [6.45, 7) is 5.33. The van der Waals surface area contributed by atoms with Crippen molar-refractivity contribution >= 4 is 27.3 Å². The molecule has 0 aliphatic heterocycles. The van der Waals surface area contributed by atoms with Crippen molar-refractivity contribution < 1.29 is 0 Å². The summed E-state index contributed by atoms with van der Waals surface area (Å²) in [5, 5.41) is 3.59. The zero-order chi connectivity index (χ0) is 12.3. The standard InChI is InChI=1S/C12H16BrN3S/c1-9(7-16-6-5-14-8-16)15-10(2)11-3-4-12(13)17-11/h3-6,8-10,15H,7H2,1-2H3. The van der Waals surface area contributed by atoms with Crippen molar-refractivity contribution in [3.05, 3.63) is 39.5 Å². The van der Waals surface area contributed by atoms with Crippen molar-refractivity contribution in [2.75, 3.05) is 0 Å². The number of thiophene rings is 1. The van der Waals surface area contributed by atoms with Crippen molar-refractivity contribution in [2.45, 2.75) is 32.5 Å². The minimum atomic E-state index is 0.379. The lowest BCUT2D eigenvalue weighted by Crippen LogP contribution is -2.32. The number of hydrogen-bond acceptors (Lipinski definition) is 3. The molecule has 5 heteroatoms. The largest absolute Gasteiger partial charge is 0.336 e. The summed E-state index contributed by atoms with van der Waals surface area (Å²) in [7, 11) is 0. The predicted octanol–water partition coefficient (Wildman–Crippen LogP) is 3.45. The molecule has 0 aliphatic rings. The molecule has 2 aromatic rings. The number of halogens is 1. The Morgan fingerprint density at radius 1 is 1.47 bits per heavy atom. The first kappa shape index (κ1) is 12.8. The maximum atomic E-state index is 4.05. The number of imidazole rings is 1. The van der Waals surface area contributed by atoms with Crippen LogP contribution in [0.1, 0.15) is 24.8 Å². The van der Waals surface area contributed by atoms with Gasteiger partial charge in [-0.05, 0) is 41.9 Å². The molecular formula is C12H16BrN3S. The molecule has 2 atom stereocenters. The second kappa shape index (κ2) is 5.80. The van der Waals surface area contributed by atoms with E-state index in [0.717, 1.165) is 6.54 Å². The number of rotatable bonds is 5. The molecule has 0 aromatic carbocycles. The van der Waals surface area contributed by atoms with Gasteiger partial charge in [-0.3, -0.25) is 0 Å². The first-order valence-electron chi connectivity index (χ1n) is 5.62. The predicted molar refractivity (Wildman–Crippen MR) is 75.3 cm³/mol. The Morgan fingerprint density at radius 3 is 2.88 bits per heavy atom. The average Bonchev–Trinajstić information content (AvgIpc) is 2.89. The van der Waals surface area contributed by atoms with E-state index < -0.39 is 0 Å². The van der Waals surface area contributed by atoms with Crippen molar-refractivity contribution in [1.29, 1.82) is 0 Å². The lowest BCUT2D eigenvalue weighted by Gasteiger charge is -2.19. The van der Waals surface area contributed by atoms with E-state index in [2.05, 4.69) is 56.8 Å². The van der Waals surface area contributed by atoms with E-state index in [1.807, 2.05) is 18.7 Å². The molecular weight excluding hydrogens is 298 g/mol. The van der Waals surface area contributed by atoms with Crippen LogP contribution in [0.5, 0.6) is 0 Å². The van der Waals surface area contributed by atoms with E-state index in [9.17, 15) is 0 Å². The summed E-state index contributed by atoms with van der Waals surface area (Å²) in [5.41, 5.74) is 0. The van der Waals surface area contributed by atoms with Crippen LogP contribution in [0.2, 0.25) is 0 Å². The Hall–Kier alpha value is -0.650. The van der Waals surface area contributed by atoms with Crippen LogP contribution < -0.4 is 5.32 Å². The summed E-state index contributed by atoms with van der Waals surface area (Å²) < 4.78 is 3.28. The van der Waals surface area contributed by atoms with Crippen molar-refractivity contribution in [2.24, 2.45) is 0 Å². The van der Waals surface area contributed by atoms with Crippen LogP contribution >= 0.6 is 27.3 Å². The Morgan fingerprint density at radius 2 is 2.29 bits per heavy atom. The summed E-state index contributed by atoms with van der Waals surface area (Å²) in [6, 6.07) is 5.06. The summed E-state index contributed by atoms with van der Waals surface area (Å²) in [4.78, 5) is 5.40. The third kappa shape index (κ3) is 3.66. The highest BCUT2D eigenvalue weighted by Crippen LogP contribution is 2.27. The molecule has 0 fully saturated rings. The van der Waals surface area contributed by atoms with Crippen LogP contribution in [0.3, 0.4) is 0 Å². The lowest BCUT2D eigenvalue weighted by molar-refractivity contribution is 0.433. The molecule has 0 spiro atoms. The van der Waals surface area contributed by atoms with E-state index in [4.69, 9.17) is 0 Å². The van der Waals surface area contributed by atoms with E-state index in [1.165, 1.54) is 8.66 Å². The van der Waals surface area contributed by atoms with Gasteiger partial charge < -0.3 is 9.88 Å². The topological polar surface area (TPSA) is 29.9 Å². The Labute approximate surface area is 114 Å². The molecule has 0 saturated carbocycles. The van der Waals surface area contributed by atoms with E-state index in [1.54, 1.807) is 11.3 Å². The maximum Gasteiger partial charge on any atom is 0.0946 e. The molecule has 2 aromatic heterocycles. The zero-order valence-corrected chi connectivity index (χ0v) is 12.3. The van der Waals surface area contributed by atoms with Crippen LogP contribution in [-0.2, 0) is 6.54 Å². The monoisotopic (exact) mass is 313 g/mol. The second-order valence-electron chi connectivity index (χ2n) is 4.19. The molecule has 3 nitrogen and oxygen atoms in total. The average molecular weight is 314 g/mol. The van der Waals surface area contributed by atoms with E-state index in [-0.39, 0.29) is 0 Å². The molecule has 2 rings (SSSR count). The molecule has 0 amide bonds. The van der Waals surface area contributed by atoms with Gasteiger partial charge in [0.25, 0.3) is 0 Å². The molecule has 0 aliphatic carbocycles. The molecule has 0 bridgehead atoms. The molecule has 0 radical (unpaired) electrons. The smallest absolute Gasteiger partial charge is 0.0946 e. The fraction of sp³-hybridized carbons (Fsp3) is 0.417. The number of nitrogens with zero attached hydrogens (tertiary/aromatic N) is 2. The second-order valence-corrected chi connectivity index (χ2v) is 6.69. The zero-order valence-electron chi connectivity index (χ0n) is 9.93. The molecule has 17 heavy (non-hydrogen) atoms. The molecule has 2 unspecified atom stereocenters. The van der Waals surface area contributed by atoms with Crippen molar-refractivity contribution in [3.63, 3.8) is 0 Å². The quantitative estimate of drug-likeness (QED) is 0.916. The molecule has 1 N–H and O–H groups in total. The van der Waals surface area contributed by atoms with Crippen molar-refractivity contribution in [3.8, 4) is 0 Å². The van der Waals surface area contributed by atoms with Gasteiger partial charge in [0.05, 0.1) is 10.1 Å². The van der Waals surface area contributed by atoms with Gasteiger partial charge in [0, 0.05) is 35.9 Å². The Kier molecular flexibility index (Phi) is 4.36. The highest BCUT2D eigenvalue weighted by molar-refractivity contribution is 9.11. The summed E-state index contributed by atoms with van der Waals surface area (Å²) in [6.07, 6.45) is 5.65. The Balaban J connectivity index is 1.88. The number of aromatic nitrogens is 2. The minimum absolute atomic E-state index is 0.379. The highest BCUT2D eigenvalue weighted by atomic mass is 79.9. The van der Waals surface area contributed by atoms with Crippen LogP contribution in [0.25, 0.3) is 0 Å². The van der Waals surface area contributed by atoms with Crippen LogP contribution in [0, 0.1) is 0 Å². The maximum absolute atomic E-state index is 4.05. The molecule has 92 valence electrons. The van der Waals surface area contributed by atoms with Gasteiger partial charge in [0.1, 0.15) is 0 Å². The third-order valence-corrected chi connectivity index (χ3v) is 4.41. The molecule has 2 heterocycles.